The van der Waals surface area contributed by atoms with Gasteiger partial charge in [0.2, 0.25) is 0 Å². The van der Waals surface area contributed by atoms with E-state index in [1.165, 1.54) is 43.9 Å². The van der Waals surface area contributed by atoms with Gasteiger partial charge in [-0.05, 0) is 61.4 Å². The highest BCUT2D eigenvalue weighted by Crippen LogP contribution is 2.44. The maximum absolute atomic E-state index is 12.4. The molecule has 4 aromatic rings. The Hall–Kier alpha value is -4.79. The predicted octanol–water partition coefficient (Wildman–Crippen LogP) is 9.92. The molecule has 0 saturated carbocycles. The summed E-state index contributed by atoms with van der Waals surface area (Å²) < 4.78 is 6.04. The fraction of sp³-hybridized carbons (Fsp3) is 0.395. The molecule has 9 heteroatoms. The van der Waals surface area contributed by atoms with Crippen LogP contribution in [-0.4, -0.2) is 32.1 Å². The maximum atomic E-state index is 12.4. The lowest BCUT2D eigenvalue weighted by molar-refractivity contribution is -0.384. The lowest BCUT2D eigenvalue weighted by Crippen LogP contribution is -2.13. The summed E-state index contributed by atoms with van der Waals surface area (Å²) in [4.78, 5) is 33.5. The van der Waals surface area contributed by atoms with Gasteiger partial charge in [-0.15, -0.1) is 0 Å². The number of rotatable bonds is 18. The van der Waals surface area contributed by atoms with E-state index in [9.17, 15) is 20.0 Å². The Morgan fingerprint density at radius 1 is 0.894 bits per heavy atom. The topological polar surface area (TPSA) is 141 Å². The lowest BCUT2D eigenvalue weighted by atomic mass is 9.89. The second-order valence-corrected chi connectivity index (χ2v) is 12.1. The van der Waals surface area contributed by atoms with Gasteiger partial charge in [0.05, 0.1) is 33.9 Å². The van der Waals surface area contributed by atoms with Crippen molar-refractivity contribution in [1.29, 1.82) is 0 Å². The molecule has 0 fully saturated rings. The molecular formula is C38H46N4O5. The number of anilines is 1. The molecule has 4 rings (SSSR count). The average molecular weight is 639 g/mol. The Morgan fingerprint density at radius 2 is 1.53 bits per heavy atom. The number of carbonyl (C=O) groups is 1. The molecule has 0 spiro atoms. The number of nitro groups is 1. The van der Waals surface area contributed by atoms with Crippen molar-refractivity contribution < 1.29 is 19.6 Å². The molecule has 3 N–H and O–H groups in total. The number of hydrogen-bond acceptors (Lipinski definition) is 7. The first-order valence-corrected chi connectivity index (χ1v) is 16.8. The molecule has 0 amide bonds. The standard InChI is InChI=1S/C38H46N4O5/c1-4-6-8-10-12-15-27-24-40-37(41-25-27)29-20-18-28(19-21-29)30-16-13-17-31(38(43)44)36(30)32-22-33(39)35(23-34(32)42(45)46)47-26(3)14-11-9-7-5-2/h13,16-26H,4-12,14-15,39H2,1-3H3,(H,43,44)/t26-/m1/s1. The number of carboxylic acids is 1. The van der Waals surface area contributed by atoms with Crippen molar-refractivity contribution in [1.82, 2.24) is 9.97 Å². The van der Waals surface area contributed by atoms with Crippen molar-refractivity contribution >= 4 is 17.3 Å². The van der Waals surface area contributed by atoms with Gasteiger partial charge in [0.1, 0.15) is 5.75 Å². The smallest absolute Gasteiger partial charge is 0.336 e. The molecule has 1 heterocycles. The molecular weight excluding hydrogens is 592 g/mol. The number of hydrogen-bond donors (Lipinski definition) is 2. The molecule has 0 aliphatic heterocycles. The summed E-state index contributed by atoms with van der Waals surface area (Å²) in [7, 11) is 0. The zero-order valence-corrected chi connectivity index (χ0v) is 27.7. The van der Waals surface area contributed by atoms with Crippen molar-refractivity contribution in [2.75, 3.05) is 5.73 Å². The van der Waals surface area contributed by atoms with Crippen LogP contribution in [0.2, 0.25) is 0 Å². The van der Waals surface area contributed by atoms with Crippen LogP contribution in [0.5, 0.6) is 5.75 Å². The van der Waals surface area contributed by atoms with Crippen LogP contribution >= 0.6 is 0 Å². The minimum absolute atomic E-state index is 0.0688. The van der Waals surface area contributed by atoms with Crippen molar-refractivity contribution in [3.8, 4) is 39.4 Å². The molecule has 1 atom stereocenters. The van der Waals surface area contributed by atoms with Crippen LogP contribution in [0.4, 0.5) is 11.4 Å². The highest BCUT2D eigenvalue weighted by Gasteiger charge is 2.27. The van der Waals surface area contributed by atoms with Crippen LogP contribution in [0, 0.1) is 10.1 Å². The molecule has 0 aliphatic carbocycles. The van der Waals surface area contributed by atoms with Gasteiger partial charge in [0, 0.05) is 23.5 Å². The first-order valence-electron chi connectivity index (χ1n) is 16.8. The molecule has 9 nitrogen and oxygen atoms in total. The summed E-state index contributed by atoms with van der Waals surface area (Å²) in [6.07, 6.45) is 15.7. The summed E-state index contributed by atoms with van der Waals surface area (Å²) in [5.74, 6) is -0.403. The number of nitrogens with zero attached hydrogens (tertiary/aromatic N) is 3. The molecule has 0 radical (unpaired) electrons. The summed E-state index contributed by atoms with van der Waals surface area (Å²) in [5.41, 5.74) is 9.70. The van der Waals surface area contributed by atoms with Gasteiger partial charge in [0.15, 0.2) is 5.82 Å². The van der Waals surface area contributed by atoms with Crippen molar-refractivity contribution in [2.24, 2.45) is 0 Å². The number of aromatic carboxylic acids is 1. The van der Waals surface area contributed by atoms with Gasteiger partial charge in [-0.2, -0.15) is 0 Å². The number of nitrogens with two attached hydrogens (primary N) is 1. The number of nitrogen functional groups attached to an aromatic ring is 1. The van der Waals surface area contributed by atoms with Gasteiger partial charge in [0.25, 0.3) is 5.69 Å². The zero-order valence-electron chi connectivity index (χ0n) is 27.7. The Labute approximate surface area is 277 Å². The second kappa shape index (κ2) is 17.2. The minimum atomic E-state index is -1.20. The van der Waals surface area contributed by atoms with Crippen LogP contribution in [0.25, 0.3) is 33.6 Å². The number of nitro benzene ring substituents is 1. The van der Waals surface area contributed by atoms with Crippen LogP contribution < -0.4 is 10.5 Å². The molecule has 47 heavy (non-hydrogen) atoms. The Kier molecular flexibility index (Phi) is 12.8. The Morgan fingerprint density at radius 3 is 2.17 bits per heavy atom. The number of unbranched alkanes of at least 4 members (excludes halogenated alkanes) is 7. The van der Waals surface area contributed by atoms with E-state index >= 15 is 0 Å². The van der Waals surface area contributed by atoms with Crippen molar-refractivity contribution in [2.45, 2.75) is 97.5 Å². The predicted molar refractivity (Wildman–Crippen MR) is 188 cm³/mol. The van der Waals surface area contributed by atoms with Crippen LogP contribution in [0.3, 0.4) is 0 Å². The molecule has 0 unspecified atom stereocenters. The molecule has 0 aliphatic rings. The number of aromatic nitrogens is 2. The maximum Gasteiger partial charge on any atom is 0.336 e. The normalized spacial score (nSPS) is 11.7. The SMILES string of the molecule is CCCCCCCc1cnc(-c2ccc(-c3cccc(C(=O)O)c3-c3cc(N)c(O[C@H](C)CCCCCC)cc3[N+](=O)[O-])cc2)nc1. The van der Waals surface area contributed by atoms with Crippen LogP contribution in [0.1, 0.15) is 101 Å². The first kappa shape index (κ1) is 35.1. The third-order valence-corrected chi connectivity index (χ3v) is 8.41. The molecule has 3 aromatic carbocycles. The summed E-state index contributed by atoms with van der Waals surface area (Å²) >= 11 is 0. The van der Waals surface area contributed by atoms with E-state index in [-0.39, 0.29) is 39.9 Å². The molecule has 0 bridgehead atoms. The van der Waals surface area contributed by atoms with Crippen molar-refractivity contribution in [3.63, 3.8) is 0 Å². The van der Waals surface area contributed by atoms with E-state index in [2.05, 4.69) is 23.8 Å². The summed E-state index contributed by atoms with van der Waals surface area (Å²) in [6, 6.07) is 15.0. The first-order chi connectivity index (χ1) is 22.7. The fourth-order valence-corrected chi connectivity index (χ4v) is 5.80. The molecule has 248 valence electrons. The number of carboxylic acid groups (broad SMARTS) is 1. The number of ether oxygens (including phenoxy) is 1. The Bertz CT molecular complexity index is 1640. The van der Waals surface area contributed by atoms with Crippen LogP contribution in [0.15, 0.2) is 67.0 Å². The van der Waals surface area contributed by atoms with E-state index in [0.717, 1.165) is 56.1 Å². The number of benzene rings is 3. The van der Waals surface area contributed by atoms with Gasteiger partial charge in [-0.25, -0.2) is 14.8 Å². The third kappa shape index (κ3) is 9.37. The van der Waals surface area contributed by atoms with Gasteiger partial charge < -0.3 is 15.6 Å². The monoisotopic (exact) mass is 638 g/mol. The third-order valence-electron chi connectivity index (χ3n) is 8.41. The van der Waals surface area contributed by atoms with Gasteiger partial charge >= 0.3 is 5.97 Å². The summed E-state index contributed by atoms with van der Waals surface area (Å²) in [6.45, 7) is 6.27. The van der Waals surface area contributed by atoms with Gasteiger partial charge in [-0.1, -0.05) is 95.2 Å². The highest BCUT2D eigenvalue weighted by atomic mass is 16.6. The quantitative estimate of drug-likeness (QED) is 0.0474. The number of aryl methyl sites for hydroxylation is 1. The van der Waals surface area contributed by atoms with Crippen molar-refractivity contribution in [3.05, 3.63) is 88.2 Å². The van der Waals surface area contributed by atoms with Gasteiger partial charge in [-0.3, -0.25) is 10.1 Å². The van der Waals surface area contributed by atoms with E-state index in [0.29, 0.717) is 17.0 Å². The van der Waals surface area contributed by atoms with E-state index in [1.807, 2.05) is 43.6 Å². The summed E-state index contributed by atoms with van der Waals surface area (Å²) in [5, 5.41) is 22.5. The fourth-order valence-electron chi connectivity index (χ4n) is 5.80. The molecule has 0 saturated heterocycles. The van der Waals surface area contributed by atoms with E-state index in [4.69, 9.17) is 10.5 Å². The minimum Gasteiger partial charge on any atom is -0.488 e. The molecule has 1 aromatic heterocycles. The second-order valence-electron chi connectivity index (χ2n) is 12.1. The van der Waals surface area contributed by atoms with E-state index < -0.39 is 10.9 Å². The zero-order chi connectivity index (χ0) is 33.8. The lowest BCUT2D eigenvalue weighted by Gasteiger charge is -2.19. The average Bonchev–Trinajstić information content (AvgIpc) is 3.07. The largest absolute Gasteiger partial charge is 0.488 e. The van der Waals surface area contributed by atoms with E-state index in [1.54, 1.807) is 12.1 Å². The highest BCUT2D eigenvalue weighted by molar-refractivity contribution is 6.03. The Balaban J connectivity index is 1.64. The van der Waals surface area contributed by atoms with Crippen LogP contribution in [-0.2, 0) is 6.42 Å².